The van der Waals surface area contributed by atoms with Gasteiger partial charge in [-0.05, 0) is 41.0 Å². The van der Waals surface area contributed by atoms with Crippen LogP contribution in [0.4, 0.5) is 0 Å². The summed E-state index contributed by atoms with van der Waals surface area (Å²) < 4.78 is 11.5. The van der Waals surface area contributed by atoms with Crippen molar-refractivity contribution in [3.63, 3.8) is 0 Å². The molecule has 1 heterocycles. The van der Waals surface area contributed by atoms with Gasteiger partial charge in [0.1, 0.15) is 17.9 Å². The molecular formula is C23H20N2O4. The highest BCUT2D eigenvalue weighted by molar-refractivity contribution is 5.91. The highest BCUT2D eigenvalue weighted by Gasteiger charge is 2.13. The fraction of sp³-hybridized carbons (Fsp3) is 0.130. The number of nitrogens with zero attached hydrogens (tertiary/aromatic N) is 1. The largest absolute Gasteiger partial charge is 0.489 e. The molecule has 146 valence electrons. The maximum absolute atomic E-state index is 11.1. The number of nitrogens with two attached hydrogens (primary N) is 1. The summed E-state index contributed by atoms with van der Waals surface area (Å²) in [6.45, 7) is 0.732. The maximum Gasteiger partial charge on any atom is 0.307 e. The van der Waals surface area contributed by atoms with Crippen LogP contribution in [-0.2, 0) is 24.4 Å². The lowest BCUT2D eigenvalue weighted by atomic mass is 9.99. The predicted molar refractivity (Wildman–Crippen MR) is 109 cm³/mol. The van der Waals surface area contributed by atoms with Gasteiger partial charge < -0.3 is 20.0 Å². The van der Waals surface area contributed by atoms with Gasteiger partial charge in [0.15, 0.2) is 12.0 Å². The summed E-state index contributed by atoms with van der Waals surface area (Å²) in [7, 11) is 0. The average Bonchev–Trinajstić information content (AvgIpc) is 3.21. The van der Waals surface area contributed by atoms with Gasteiger partial charge in [-0.15, -0.1) is 0 Å². The van der Waals surface area contributed by atoms with Crippen molar-refractivity contribution in [3.05, 3.63) is 83.7 Å². The topological polar surface area (TPSA) is 98.6 Å². The standard InChI is InChI=1S/C23H20N2O4/c24-12-15-4-3-6-17(8-15)19-9-16(10-21-23(19)25-14-29-21)13-28-20-7-2-1-5-18(20)11-22(26)27/h1-10,14H,11-13,24H2,(H,26,27). The number of carboxylic acid groups (broad SMARTS) is 1. The van der Waals surface area contributed by atoms with Crippen molar-refractivity contribution >= 4 is 17.1 Å². The molecule has 3 N–H and O–H groups in total. The van der Waals surface area contributed by atoms with E-state index in [1.165, 1.54) is 6.39 Å². The second kappa shape index (κ2) is 8.16. The number of para-hydroxylation sites is 1. The van der Waals surface area contributed by atoms with Gasteiger partial charge in [0.2, 0.25) is 0 Å². The van der Waals surface area contributed by atoms with Gasteiger partial charge in [0.05, 0.1) is 6.42 Å². The molecule has 0 unspecified atom stereocenters. The molecule has 0 spiro atoms. The molecule has 0 amide bonds. The molecule has 4 aromatic rings. The number of benzene rings is 3. The van der Waals surface area contributed by atoms with E-state index >= 15 is 0 Å². The number of carbonyl (C=O) groups is 1. The van der Waals surface area contributed by atoms with E-state index in [-0.39, 0.29) is 13.0 Å². The molecule has 29 heavy (non-hydrogen) atoms. The number of oxazole rings is 1. The molecule has 1 aromatic heterocycles. The minimum absolute atomic E-state index is 0.0888. The van der Waals surface area contributed by atoms with Crippen LogP contribution in [0, 0.1) is 0 Å². The minimum atomic E-state index is -0.897. The van der Waals surface area contributed by atoms with E-state index in [1.807, 2.05) is 42.5 Å². The highest BCUT2D eigenvalue weighted by Crippen LogP contribution is 2.31. The summed E-state index contributed by atoms with van der Waals surface area (Å²) in [5.41, 5.74) is 11.7. The van der Waals surface area contributed by atoms with Crippen molar-refractivity contribution < 1.29 is 19.1 Å². The zero-order chi connectivity index (χ0) is 20.2. The Morgan fingerprint density at radius 3 is 2.76 bits per heavy atom. The Morgan fingerprint density at radius 2 is 1.93 bits per heavy atom. The Balaban J connectivity index is 1.67. The molecule has 0 fully saturated rings. The van der Waals surface area contributed by atoms with Crippen LogP contribution in [-0.4, -0.2) is 16.1 Å². The molecule has 0 saturated heterocycles. The second-order valence-electron chi connectivity index (χ2n) is 6.71. The molecule has 6 nitrogen and oxygen atoms in total. The fourth-order valence-electron chi connectivity index (χ4n) is 3.31. The third-order valence-corrected chi connectivity index (χ3v) is 4.68. The van der Waals surface area contributed by atoms with Gasteiger partial charge in [-0.3, -0.25) is 4.79 Å². The first-order valence-corrected chi connectivity index (χ1v) is 9.22. The third kappa shape index (κ3) is 4.12. The van der Waals surface area contributed by atoms with Crippen molar-refractivity contribution in [1.82, 2.24) is 4.98 Å². The summed E-state index contributed by atoms with van der Waals surface area (Å²) in [6.07, 6.45) is 1.34. The lowest BCUT2D eigenvalue weighted by Crippen LogP contribution is -2.04. The minimum Gasteiger partial charge on any atom is -0.489 e. The Hall–Kier alpha value is -3.64. The molecule has 6 heteroatoms. The molecule has 3 aromatic carbocycles. The summed E-state index contributed by atoms with van der Waals surface area (Å²) >= 11 is 0. The van der Waals surface area contributed by atoms with Crippen LogP contribution in [0.15, 0.2) is 71.5 Å². The smallest absolute Gasteiger partial charge is 0.307 e. The third-order valence-electron chi connectivity index (χ3n) is 4.68. The molecule has 0 saturated carbocycles. The second-order valence-corrected chi connectivity index (χ2v) is 6.71. The first-order chi connectivity index (χ1) is 14.1. The average molecular weight is 388 g/mol. The lowest BCUT2D eigenvalue weighted by molar-refractivity contribution is -0.136. The number of hydrogen-bond acceptors (Lipinski definition) is 5. The van der Waals surface area contributed by atoms with E-state index in [1.54, 1.807) is 18.2 Å². The Labute approximate surface area is 167 Å². The van der Waals surface area contributed by atoms with Crippen molar-refractivity contribution in [2.45, 2.75) is 19.6 Å². The maximum atomic E-state index is 11.1. The Bertz CT molecular complexity index is 1170. The van der Waals surface area contributed by atoms with E-state index < -0.39 is 5.97 Å². The zero-order valence-electron chi connectivity index (χ0n) is 15.7. The normalized spacial score (nSPS) is 10.9. The molecule has 0 atom stereocenters. The Kier molecular flexibility index (Phi) is 5.27. The van der Waals surface area contributed by atoms with Gasteiger partial charge in [0, 0.05) is 17.7 Å². The number of fused-ring (bicyclic) bond motifs is 1. The van der Waals surface area contributed by atoms with E-state index in [2.05, 4.69) is 4.98 Å². The van der Waals surface area contributed by atoms with Gasteiger partial charge in [-0.25, -0.2) is 4.98 Å². The summed E-state index contributed by atoms with van der Waals surface area (Å²) in [4.78, 5) is 15.4. The van der Waals surface area contributed by atoms with Crippen molar-refractivity contribution in [2.75, 3.05) is 0 Å². The quantitative estimate of drug-likeness (QED) is 0.493. The molecule has 4 rings (SSSR count). The molecule has 0 aliphatic rings. The van der Waals surface area contributed by atoms with Crippen LogP contribution in [0.5, 0.6) is 5.75 Å². The number of aromatic nitrogens is 1. The van der Waals surface area contributed by atoms with Crippen LogP contribution in [0.25, 0.3) is 22.2 Å². The van der Waals surface area contributed by atoms with Gasteiger partial charge in [0.25, 0.3) is 0 Å². The number of ether oxygens (including phenoxy) is 1. The summed E-state index contributed by atoms with van der Waals surface area (Å²) in [5, 5.41) is 9.09. The van der Waals surface area contributed by atoms with E-state index in [4.69, 9.17) is 20.0 Å². The van der Waals surface area contributed by atoms with Gasteiger partial charge in [-0.2, -0.15) is 0 Å². The van der Waals surface area contributed by atoms with E-state index in [0.29, 0.717) is 23.4 Å². The molecule has 0 aliphatic heterocycles. The molecular weight excluding hydrogens is 368 g/mol. The van der Waals surface area contributed by atoms with Crippen LogP contribution >= 0.6 is 0 Å². The monoisotopic (exact) mass is 388 g/mol. The first-order valence-electron chi connectivity index (χ1n) is 9.22. The van der Waals surface area contributed by atoms with Crippen LogP contribution < -0.4 is 10.5 Å². The molecule has 0 aliphatic carbocycles. The molecule has 0 bridgehead atoms. The summed E-state index contributed by atoms with van der Waals surface area (Å²) in [6, 6.07) is 19.1. The first kappa shape index (κ1) is 18.7. The van der Waals surface area contributed by atoms with E-state index in [0.717, 1.165) is 27.8 Å². The van der Waals surface area contributed by atoms with Gasteiger partial charge >= 0.3 is 5.97 Å². The van der Waals surface area contributed by atoms with E-state index in [9.17, 15) is 4.79 Å². The van der Waals surface area contributed by atoms with Crippen molar-refractivity contribution in [1.29, 1.82) is 0 Å². The van der Waals surface area contributed by atoms with Gasteiger partial charge in [-0.1, -0.05) is 36.4 Å². The van der Waals surface area contributed by atoms with Crippen LogP contribution in [0.2, 0.25) is 0 Å². The van der Waals surface area contributed by atoms with Crippen molar-refractivity contribution in [3.8, 4) is 16.9 Å². The SMILES string of the molecule is NCc1cccc(-c2cc(COc3ccccc3CC(=O)O)cc3ocnc23)c1. The predicted octanol–water partition coefficient (Wildman–Crippen LogP) is 4.16. The van der Waals surface area contributed by atoms with Crippen LogP contribution in [0.1, 0.15) is 16.7 Å². The molecule has 0 radical (unpaired) electrons. The number of rotatable bonds is 7. The zero-order valence-corrected chi connectivity index (χ0v) is 15.7. The number of carboxylic acids is 1. The van der Waals surface area contributed by atoms with Crippen molar-refractivity contribution in [2.24, 2.45) is 5.73 Å². The fourth-order valence-corrected chi connectivity index (χ4v) is 3.31. The highest BCUT2D eigenvalue weighted by atomic mass is 16.5. The van der Waals surface area contributed by atoms with Crippen LogP contribution in [0.3, 0.4) is 0 Å². The number of aliphatic carboxylic acids is 1. The lowest BCUT2D eigenvalue weighted by Gasteiger charge is -2.12. The Morgan fingerprint density at radius 1 is 1.07 bits per heavy atom. The summed E-state index contributed by atoms with van der Waals surface area (Å²) in [5.74, 6) is -0.342. The number of hydrogen-bond donors (Lipinski definition) is 2.